The van der Waals surface area contributed by atoms with Gasteiger partial charge in [0, 0.05) is 18.1 Å². The first kappa shape index (κ1) is 32.0. The minimum Gasteiger partial charge on any atom is -0.462 e. The van der Waals surface area contributed by atoms with Crippen molar-refractivity contribution in [3.05, 3.63) is 82.9 Å². The molecule has 0 spiro atoms. The number of aliphatic hydroxyl groups is 1. The first-order chi connectivity index (χ1) is 20.9. The standard InChI is InChI=1S/C40H56O3/c1-4-5-29-8-14-32(15-9-29)35-20-22-38-25-36(21-23-37(38)24-35)33-16-10-30(11-17-33)6-7-31-12-18-34(19-13-31)39(26-41)27-43-40(42)28(2)3/h8-11,14-17,31,34-39,41H,2,4-7,12-13,18-27H2,1,3H3. The molecule has 0 amide bonds. The molecular weight excluding hydrogens is 528 g/mol. The van der Waals surface area contributed by atoms with E-state index in [9.17, 15) is 9.90 Å². The van der Waals surface area contributed by atoms with Crippen molar-refractivity contribution in [3.63, 3.8) is 0 Å². The van der Waals surface area contributed by atoms with Gasteiger partial charge in [-0.3, -0.25) is 0 Å². The lowest BCUT2D eigenvalue weighted by Crippen LogP contribution is -2.29. The summed E-state index contributed by atoms with van der Waals surface area (Å²) in [7, 11) is 0. The van der Waals surface area contributed by atoms with Gasteiger partial charge in [-0.1, -0.05) is 81.3 Å². The number of ether oxygens (including phenoxy) is 1. The van der Waals surface area contributed by atoms with Gasteiger partial charge in [0.25, 0.3) is 0 Å². The SMILES string of the molecule is C=C(C)C(=O)OCC(CO)C1CCC(CCc2ccc(C3CCC4CC(c5ccc(CCC)cc5)CCC4C3)cc2)CC1. The second kappa shape index (κ2) is 15.6. The van der Waals surface area contributed by atoms with Crippen molar-refractivity contribution in [2.75, 3.05) is 13.2 Å². The number of carbonyl (C=O) groups is 1. The van der Waals surface area contributed by atoms with Gasteiger partial charge >= 0.3 is 5.97 Å². The molecule has 3 heteroatoms. The summed E-state index contributed by atoms with van der Waals surface area (Å²) in [6.45, 7) is 7.97. The van der Waals surface area contributed by atoms with Gasteiger partial charge in [-0.15, -0.1) is 0 Å². The molecule has 43 heavy (non-hydrogen) atoms. The Morgan fingerprint density at radius 2 is 1.35 bits per heavy atom. The zero-order valence-electron chi connectivity index (χ0n) is 26.9. The predicted octanol–water partition coefficient (Wildman–Crippen LogP) is 9.57. The maximum absolute atomic E-state index is 11.8. The average Bonchev–Trinajstić information content (AvgIpc) is 3.04. The third-order valence-corrected chi connectivity index (χ3v) is 11.5. The van der Waals surface area contributed by atoms with Gasteiger partial charge in [0.15, 0.2) is 0 Å². The van der Waals surface area contributed by atoms with E-state index >= 15 is 0 Å². The van der Waals surface area contributed by atoms with Crippen LogP contribution >= 0.6 is 0 Å². The highest BCUT2D eigenvalue weighted by atomic mass is 16.5. The molecule has 0 radical (unpaired) electrons. The monoisotopic (exact) mass is 584 g/mol. The van der Waals surface area contributed by atoms with Gasteiger partial charge in [-0.05, 0) is 135 Å². The van der Waals surface area contributed by atoms with Crippen molar-refractivity contribution >= 4 is 5.97 Å². The first-order valence-electron chi connectivity index (χ1n) is 17.5. The van der Waals surface area contributed by atoms with E-state index in [0.717, 1.165) is 48.9 Å². The van der Waals surface area contributed by atoms with Crippen LogP contribution in [0.4, 0.5) is 0 Å². The van der Waals surface area contributed by atoms with E-state index in [1.54, 1.807) is 18.1 Å². The third-order valence-electron chi connectivity index (χ3n) is 11.5. The van der Waals surface area contributed by atoms with Crippen LogP contribution in [0.15, 0.2) is 60.7 Å². The van der Waals surface area contributed by atoms with E-state index in [0.29, 0.717) is 18.1 Å². The number of aliphatic hydroxyl groups excluding tert-OH is 1. The summed E-state index contributed by atoms with van der Waals surface area (Å²) in [6, 6.07) is 19.3. The molecule has 3 aliphatic rings. The van der Waals surface area contributed by atoms with Gasteiger partial charge in [0.1, 0.15) is 0 Å². The zero-order valence-corrected chi connectivity index (χ0v) is 26.9. The Kier molecular flexibility index (Phi) is 11.6. The Morgan fingerprint density at radius 3 is 1.84 bits per heavy atom. The fraction of sp³-hybridized carbons (Fsp3) is 0.625. The number of benzene rings is 2. The summed E-state index contributed by atoms with van der Waals surface area (Å²) in [6.07, 6.45) is 17.8. The van der Waals surface area contributed by atoms with Crippen LogP contribution in [0.25, 0.3) is 0 Å². The van der Waals surface area contributed by atoms with Crippen molar-refractivity contribution in [1.29, 1.82) is 0 Å². The Balaban J connectivity index is 1.03. The number of carbonyl (C=O) groups excluding carboxylic acids is 1. The second-order valence-corrected chi connectivity index (χ2v) is 14.4. The number of rotatable bonds is 12. The summed E-state index contributed by atoms with van der Waals surface area (Å²) in [4.78, 5) is 11.8. The van der Waals surface area contributed by atoms with E-state index in [2.05, 4.69) is 62.0 Å². The van der Waals surface area contributed by atoms with Crippen molar-refractivity contribution in [3.8, 4) is 0 Å². The number of aryl methyl sites for hydroxylation is 2. The first-order valence-corrected chi connectivity index (χ1v) is 17.5. The van der Waals surface area contributed by atoms with Gasteiger partial charge in [0.2, 0.25) is 0 Å². The van der Waals surface area contributed by atoms with Gasteiger partial charge in [-0.2, -0.15) is 0 Å². The molecule has 3 nitrogen and oxygen atoms in total. The summed E-state index contributed by atoms with van der Waals surface area (Å²) < 4.78 is 5.35. The highest BCUT2D eigenvalue weighted by Gasteiger charge is 2.36. The van der Waals surface area contributed by atoms with E-state index < -0.39 is 0 Å². The van der Waals surface area contributed by atoms with Crippen molar-refractivity contribution in [1.82, 2.24) is 0 Å². The Morgan fingerprint density at radius 1 is 0.814 bits per heavy atom. The molecule has 234 valence electrons. The maximum atomic E-state index is 11.8. The van der Waals surface area contributed by atoms with Crippen LogP contribution < -0.4 is 0 Å². The molecule has 0 bridgehead atoms. The summed E-state index contributed by atoms with van der Waals surface area (Å²) in [5, 5.41) is 9.88. The molecule has 0 heterocycles. The normalized spacial score (nSPS) is 28.1. The molecule has 5 unspecified atom stereocenters. The molecule has 0 aromatic heterocycles. The number of hydrogen-bond acceptors (Lipinski definition) is 3. The van der Waals surface area contributed by atoms with Crippen molar-refractivity contribution < 1.29 is 14.6 Å². The largest absolute Gasteiger partial charge is 0.462 e. The number of hydrogen-bond donors (Lipinski definition) is 1. The van der Waals surface area contributed by atoms with E-state index in [1.807, 2.05) is 0 Å². The Hall–Kier alpha value is -2.39. The molecule has 2 aromatic rings. The molecule has 1 N–H and O–H groups in total. The summed E-state index contributed by atoms with van der Waals surface area (Å²) in [5.41, 5.74) is 6.54. The molecule has 5 atom stereocenters. The summed E-state index contributed by atoms with van der Waals surface area (Å²) in [5.74, 6) is 4.23. The molecule has 3 aliphatic carbocycles. The quantitative estimate of drug-likeness (QED) is 0.200. The Bertz CT molecular complexity index is 1160. The Labute approximate surface area is 261 Å². The van der Waals surface area contributed by atoms with Crippen LogP contribution in [0, 0.1) is 29.6 Å². The lowest BCUT2D eigenvalue weighted by Gasteiger charge is -2.42. The van der Waals surface area contributed by atoms with Crippen LogP contribution in [0.1, 0.15) is 125 Å². The van der Waals surface area contributed by atoms with Crippen LogP contribution in [0.2, 0.25) is 0 Å². The van der Waals surface area contributed by atoms with Crippen LogP contribution in [0.3, 0.4) is 0 Å². The molecule has 2 aromatic carbocycles. The second-order valence-electron chi connectivity index (χ2n) is 14.4. The molecule has 0 aliphatic heterocycles. The van der Waals surface area contributed by atoms with Crippen LogP contribution in [0.5, 0.6) is 0 Å². The van der Waals surface area contributed by atoms with Crippen LogP contribution in [-0.4, -0.2) is 24.3 Å². The van der Waals surface area contributed by atoms with E-state index in [1.165, 1.54) is 81.8 Å². The van der Waals surface area contributed by atoms with Crippen LogP contribution in [-0.2, 0) is 22.4 Å². The lowest BCUT2D eigenvalue weighted by atomic mass is 9.63. The smallest absolute Gasteiger partial charge is 0.333 e. The van der Waals surface area contributed by atoms with Crippen molar-refractivity contribution in [2.45, 2.75) is 116 Å². The topological polar surface area (TPSA) is 46.5 Å². The molecule has 5 rings (SSSR count). The van der Waals surface area contributed by atoms with Gasteiger partial charge in [-0.25, -0.2) is 4.79 Å². The molecule has 3 fully saturated rings. The minimum absolute atomic E-state index is 0.0459. The number of esters is 1. The fourth-order valence-corrected chi connectivity index (χ4v) is 8.66. The minimum atomic E-state index is -0.350. The molecule has 3 saturated carbocycles. The predicted molar refractivity (Wildman–Crippen MR) is 177 cm³/mol. The van der Waals surface area contributed by atoms with Gasteiger partial charge in [0.05, 0.1) is 6.61 Å². The fourth-order valence-electron chi connectivity index (χ4n) is 8.66. The van der Waals surface area contributed by atoms with Gasteiger partial charge < -0.3 is 9.84 Å². The summed E-state index contributed by atoms with van der Waals surface area (Å²) >= 11 is 0. The third kappa shape index (κ3) is 8.62. The molecular formula is C40H56O3. The van der Waals surface area contributed by atoms with Crippen molar-refractivity contribution in [2.24, 2.45) is 29.6 Å². The van der Waals surface area contributed by atoms with E-state index in [4.69, 9.17) is 4.74 Å². The molecule has 0 saturated heterocycles. The highest BCUT2D eigenvalue weighted by molar-refractivity contribution is 5.86. The highest BCUT2D eigenvalue weighted by Crippen LogP contribution is 2.50. The zero-order chi connectivity index (χ0) is 30.2. The number of fused-ring (bicyclic) bond motifs is 1. The van der Waals surface area contributed by atoms with E-state index in [-0.39, 0.29) is 18.5 Å². The average molecular weight is 585 g/mol. The maximum Gasteiger partial charge on any atom is 0.333 e. The lowest BCUT2D eigenvalue weighted by molar-refractivity contribution is -0.141.